The molecule has 0 bridgehead atoms. The summed E-state index contributed by atoms with van der Waals surface area (Å²) in [4.78, 5) is 30.1. The number of pyridine rings is 2. The van der Waals surface area contributed by atoms with Gasteiger partial charge < -0.3 is 18.5 Å². The molecule has 0 unspecified atom stereocenters. The molecular weight excluding hydrogens is 448 g/mol. The third-order valence-electron chi connectivity index (χ3n) is 4.88. The summed E-state index contributed by atoms with van der Waals surface area (Å²) in [5.41, 5.74) is -0.640. The smallest absolute Gasteiger partial charge is 0.343 e. The zero-order valence-electron chi connectivity index (χ0n) is 20.3. The average molecular weight is 481 g/mol. The van der Waals surface area contributed by atoms with Crippen LogP contribution in [0.4, 0.5) is 0 Å². The number of carbonyl (C=O) groups is 1. The zero-order chi connectivity index (χ0) is 24.4. The van der Waals surface area contributed by atoms with E-state index in [1.807, 2.05) is 18.4 Å². The van der Waals surface area contributed by atoms with Crippen molar-refractivity contribution in [3.63, 3.8) is 0 Å². The fourth-order valence-corrected chi connectivity index (χ4v) is 4.67. The molecule has 2 heterocycles. The Hall–Kier alpha value is -1.90. The molecule has 0 spiro atoms. The molecule has 0 aliphatic heterocycles. The van der Waals surface area contributed by atoms with Crippen molar-refractivity contribution in [1.29, 1.82) is 0 Å². The van der Waals surface area contributed by atoms with Crippen LogP contribution >= 0.6 is 11.6 Å². The first kappa shape index (κ1) is 26.4. The number of rotatable bonds is 8. The van der Waals surface area contributed by atoms with Gasteiger partial charge in [0.25, 0.3) is 0 Å². The van der Waals surface area contributed by atoms with Crippen molar-refractivity contribution in [1.82, 2.24) is 9.55 Å². The molecule has 0 saturated carbocycles. The molecule has 0 aliphatic carbocycles. The molecule has 176 valence electrons. The van der Waals surface area contributed by atoms with Crippen molar-refractivity contribution in [2.75, 3.05) is 13.7 Å². The second kappa shape index (κ2) is 9.93. The molecule has 9 heteroatoms. The van der Waals surface area contributed by atoms with Crippen molar-refractivity contribution in [2.24, 2.45) is 5.92 Å². The van der Waals surface area contributed by atoms with Crippen LogP contribution in [0.25, 0.3) is 11.0 Å². The van der Waals surface area contributed by atoms with Crippen LogP contribution in [0, 0.1) is 5.92 Å². The van der Waals surface area contributed by atoms with Gasteiger partial charge in [-0.2, -0.15) is 0 Å². The van der Waals surface area contributed by atoms with E-state index in [1.54, 1.807) is 19.2 Å². The Morgan fingerprint density at radius 1 is 1.25 bits per heavy atom. The van der Waals surface area contributed by atoms with Crippen LogP contribution in [0.3, 0.4) is 0 Å². The summed E-state index contributed by atoms with van der Waals surface area (Å²) in [7, 11) is 1.68. The van der Waals surface area contributed by atoms with Crippen LogP contribution < -0.4 is 10.2 Å². The minimum Gasteiger partial charge on any atom is -0.480 e. The fraction of sp³-hybridized carbons (Fsp3) is 0.609. The molecule has 0 N–H and O–H groups in total. The molecule has 2 aromatic rings. The van der Waals surface area contributed by atoms with E-state index in [4.69, 9.17) is 25.5 Å². The summed E-state index contributed by atoms with van der Waals surface area (Å²) in [5.74, 6) is -0.479. The first-order chi connectivity index (χ1) is 14.7. The van der Waals surface area contributed by atoms with Crippen LogP contribution in [-0.2, 0) is 9.16 Å². The topological polar surface area (TPSA) is 79.7 Å². The van der Waals surface area contributed by atoms with Crippen molar-refractivity contribution in [3.8, 4) is 5.88 Å². The number of ether oxygens (including phenoxy) is 2. The van der Waals surface area contributed by atoms with Crippen molar-refractivity contribution in [3.05, 3.63) is 33.1 Å². The summed E-state index contributed by atoms with van der Waals surface area (Å²) >= 11 is 6.37. The van der Waals surface area contributed by atoms with Crippen molar-refractivity contribution < 1.29 is 18.7 Å². The van der Waals surface area contributed by atoms with Gasteiger partial charge in [-0.15, -0.1) is 0 Å². The van der Waals surface area contributed by atoms with Crippen molar-refractivity contribution in [2.45, 2.75) is 72.1 Å². The zero-order valence-corrected chi connectivity index (χ0v) is 22.1. The van der Waals surface area contributed by atoms with Crippen LogP contribution in [0.2, 0.25) is 10.1 Å². The first-order valence-electron chi connectivity index (χ1n) is 10.6. The lowest BCUT2D eigenvalue weighted by molar-refractivity contribution is 0.0286. The second-order valence-electron chi connectivity index (χ2n) is 9.59. The highest BCUT2D eigenvalue weighted by molar-refractivity contribution is 6.32. The summed E-state index contributed by atoms with van der Waals surface area (Å²) < 4.78 is 18.6. The van der Waals surface area contributed by atoms with Gasteiger partial charge in [-0.05, 0) is 37.8 Å². The SMILES string of the molecule is CCOC(=O)c1cn([C@@H](C(C)C)C(C)(C)O[Si]C(C)(C)C)c2cc(Cl)c(OC)nc2c1=O. The van der Waals surface area contributed by atoms with Crippen LogP contribution in [0.1, 0.15) is 71.8 Å². The summed E-state index contributed by atoms with van der Waals surface area (Å²) in [6, 6.07) is 1.41. The van der Waals surface area contributed by atoms with Gasteiger partial charge in [0.1, 0.15) is 16.1 Å². The number of fused-ring (bicyclic) bond motifs is 1. The number of hydrogen-bond donors (Lipinski definition) is 0. The highest BCUT2D eigenvalue weighted by Gasteiger charge is 2.37. The third-order valence-corrected chi connectivity index (χ3v) is 6.39. The number of methoxy groups -OCH3 is 1. The Morgan fingerprint density at radius 2 is 1.88 bits per heavy atom. The number of carbonyl (C=O) groups excluding carboxylic acids is 1. The number of halogens is 1. The number of nitrogens with zero attached hydrogens (tertiary/aromatic N) is 2. The molecule has 1 atom stereocenters. The normalized spacial score (nSPS) is 13.5. The van der Waals surface area contributed by atoms with E-state index in [9.17, 15) is 9.59 Å². The molecule has 7 nitrogen and oxygen atoms in total. The van der Waals surface area contributed by atoms with Gasteiger partial charge in [-0.1, -0.05) is 46.2 Å². The van der Waals surface area contributed by atoms with Gasteiger partial charge in [0.2, 0.25) is 21.1 Å². The highest BCUT2D eigenvalue weighted by Crippen LogP contribution is 2.37. The van der Waals surface area contributed by atoms with E-state index < -0.39 is 17.0 Å². The van der Waals surface area contributed by atoms with E-state index in [1.165, 1.54) is 7.11 Å². The van der Waals surface area contributed by atoms with E-state index >= 15 is 0 Å². The second-order valence-corrected chi connectivity index (χ2v) is 11.9. The van der Waals surface area contributed by atoms with Gasteiger partial charge in [0.15, 0.2) is 0 Å². The molecule has 0 saturated heterocycles. The molecule has 0 fully saturated rings. The average Bonchev–Trinajstić information content (AvgIpc) is 2.67. The van der Waals surface area contributed by atoms with E-state index in [-0.39, 0.29) is 55.4 Å². The van der Waals surface area contributed by atoms with Gasteiger partial charge in [0.05, 0.1) is 30.9 Å². The molecule has 32 heavy (non-hydrogen) atoms. The lowest BCUT2D eigenvalue weighted by atomic mass is 9.88. The first-order valence-corrected chi connectivity index (χ1v) is 11.9. The Kier molecular flexibility index (Phi) is 8.18. The minimum absolute atomic E-state index is 0.00126. The molecule has 0 aliphatic rings. The third kappa shape index (κ3) is 5.71. The lowest BCUT2D eigenvalue weighted by Gasteiger charge is -2.41. The van der Waals surface area contributed by atoms with E-state index in [2.05, 4.69) is 39.6 Å². The Labute approximate surface area is 197 Å². The van der Waals surface area contributed by atoms with Gasteiger partial charge >= 0.3 is 5.97 Å². The maximum atomic E-state index is 13.2. The predicted octanol–water partition coefficient (Wildman–Crippen LogP) is 5.07. The minimum atomic E-state index is -0.693. The van der Waals surface area contributed by atoms with Crippen LogP contribution in [-0.4, -0.2) is 44.6 Å². The molecule has 2 radical (unpaired) electrons. The molecule has 0 amide bonds. The highest BCUT2D eigenvalue weighted by atomic mass is 35.5. The van der Waals surface area contributed by atoms with Gasteiger partial charge in [0, 0.05) is 6.20 Å². The number of aromatic nitrogens is 2. The van der Waals surface area contributed by atoms with Gasteiger partial charge in [-0.25, -0.2) is 9.78 Å². The summed E-state index contributed by atoms with van der Waals surface area (Å²) in [6.07, 6.45) is 1.54. The summed E-state index contributed by atoms with van der Waals surface area (Å²) in [5, 5.41) is 0.272. The monoisotopic (exact) mass is 480 g/mol. The van der Waals surface area contributed by atoms with E-state index in [0.29, 0.717) is 5.52 Å². The Morgan fingerprint density at radius 3 is 2.38 bits per heavy atom. The number of esters is 1. The van der Waals surface area contributed by atoms with Gasteiger partial charge in [-0.3, -0.25) is 4.79 Å². The molecule has 2 aromatic heterocycles. The standard InChI is InChI=1S/C23H33ClN2O5Si/c1-10-30-21(28)14-12-26(16-11-15(24)20(29-9)25-17(16)18(14)27)19(13(2)3)23(7,8)31-32-22(4,5)6/h11-13,19H,10H2,1-9H3/t19-/m0/s1. The maximum absolute atomic E-state index is 13.2. The largest absolute Gasteiger partial charge is 0.480 e. The Balaban J connectivity index is 2.85. The predicted molar refractivity (Wildman–Crippen MR) is 128 cm³/mol. The lowest BCUT2D eigenvalue weighted by Crippen LogP contribution is -2.42. The maximum Gasteiger partial charge on any atom is 0.343 e. The van der Waals surface area contributed by atoms with Crippen molar-refractivity contribution >= 4 is 38.4 Å². The summed E-state index contributed by atoms with van der Waals surface area (Å²) in [6.45, 7) is 16.4. The Bertz CT molecular complexity index is 1040. The van der Waals surface area contributed by atoms with Crippen LogP contribution in [0.15, 0.2) is 17.1 Å². The quantitative estimate of drug-likeness (QED) is 0.388. The fourth-order valence-electron chi connectivity index (χ4n) is 3.75. The number of hydrogen-bond acceptors (Lipinski definition) is 6. The van der Waals surface area contributed by atoms with Crippen LogP contribution in [0.5, 0.6) is 5.88 Å². The van der Waals surface area contributed by atoms with E-state index in [0.717, 1.165) is 0 Å². The molecule has 2 rings (SSSR count). The molecule has 0 aromatic carbocycles. The molecular formula is C23H33ClN2O5Si.